The highest BCUT2D eigenvalue weighted by molar-refractivity contribution is 7.93. The molecule has 1 aliphatic heterocycles. The zero-order valence-electron chi connectivity index (χ0n) is 12.6. The average Bonchev–Trinajstić information content (AvgIpc) is 2.50. The molecule has 11 heteroatoms. The summed E-state index contributed by atoms with van der Waals surface area (Å²) >= 11 is 0. The zero-order chi connectivity index (χ0) is 18.8. The Hall–Kier alpha value is -2.95. The Balaban J connectivity index is 2.19. The summed E-state index contributed by atoms with van der Waals surface area (Å²) < 4.78 is 25.0. The van der Waals surface area contributed by atoms with Crippen LogP contribution in [-0.2, 0) is 29.0 Å². The topological polar surface area (TPSA) is 167 Å². The van der Waals surface area contributed by atoms with E-state index in [2.05, 4.69) is 5.32 Å². The average molecular weight is 370 g/mol. The lowest BCUT2D eigenvalue weighted by atomic mass is 10.2. The van der Waals surface area contributed by atoms with Gasteiger partial charge in [-0.15, -0.1) is 0 Å². The monoisotopic (exact) mass is 370 g/mol. The number of carbonyl (C=O) groups is 4. The number of anilines is 1. The van der Waals surface area contributed by atoms with Crippen LogP contribution >= 0.6 is 0 Å². The van der Waals surface area contributed by atoms with Crippen LogP contribution in [-0.4, -0.2) is 53.7 Å². The Bertz CT molecular complexity index is 848. The first-order chi connectivity index (χ1) is 11.6. The first-order valence-corrected chi connectivity index (χ1v) is 8.55. The predicted molar refractivity (Wildman–Crippen MR) is 82.5 cm³/mol. The number of aliphatic carboxylic acids is 2. The molecular formula is C14H14N2O8S. The molecule has 1 aliphatic rings. The van der Waals surface area contributed by atoms with Crippen LogP contribution in [0, 0.1) is 0 Å². The van der Waals surface area contributed by atoms with Gasteiger partial charge in [-0.25, -0.2) is 13.2 Å². The Morgan fingerprint density at radius 3 is 2.44 bits per heavy atom. The molecule has 1 unspecified atom stereocenters. The molecule has 2 rings (SSSR count). The van der Waals surface area contributed by atoms with E-state index < -0.39 is 57.7 Å². The molecule has 0 saturated carbocycles. The number of sulfone groups is 1. The SMILES string of the molecule is O=C(O)C[C@H](NC(=O)CC1C(=O)Nc2ccccc2S1(=O)=O)C(=O)O. The van der Waals surface area contributed by atoms with E-state index in [1.807, 2.05) is 5.32 Å². The van der Waals surface area contributed by atoms with Crippen LogP contribution in [0.3, 0.4) is 0 Å². The fourth-order valence-corrected chi connectivity index (χ4v) is 4.04. The smallest absolute Gasteiger partial charge is 0.326 e. The summed E-state index contributed by atoms with van der Waals surface area (Å²) in [6, 6.07) is 3.93. The normalized spacial score (nSPS) is 19.2. The zero-order valence-corrected chi connectivity index (χ0v) is 13.4. The van der Waals surface area contributed by atoms with Crippen LogP contribution in [0.1, 0.15) is 12.8 Å². The Labute approximate surface area is 141 Å². The molecule has 0 spiro atoms. The van der Waals surface area contributed by atoms with E-state index in [9.17, 15) is 27.6 Å². The number of hydrogen-bond donors (Lipinski definition) is 4. The molecule has 1 aromatic rings. The fourth-order valence-electron chi connectivity index (χ4n) is 2.32. The molecule has 4 N–H and O–H groups in total. The predicted octanol–water partition coefficient (Wildman–Crippen LogP) is -0.785. The van der Waals surface area contributed by atoms with Gasteiger partial charge in [0.1, 0.15) is 6.04 Å². The maximum absolute atomic E-state index is 12.5. The molecule has 134 valence electrons. The Morgan fingerprint density at radius 1 is 1.20 bits per heavy atom. The number of benzene rings is 1. The Morgan fingerprint density at radius 2 is 1.84 bits per heavy atom. The van der Waals surface area contributed by atoms with Crippen molar-refractivity contribution in [2.45, 2.75) is 29.0 Å². The number of nitrogens with one attached hydrogen (secondary N) is 2. The third-order valence-electron chi connectivity index (χ3n) is 3.50. The second-order valence-electron chi connectivity index (χ2n) is 5.28. The van der Waals surface area contributed by atoms with Gasteiger partial charge in [0.15, 0.2) is 15.1 Å². The van der Waals surface area contributed by atoms with E-state index in [-0.39, 0.29) is 10.6 Å². The van der Waals surface area contributed by atoms with Crippen molar-refractivity contribution >= 4 is 39.3 Å². The lowest BCUT2D eigenvalue weighted by Crippen LogP contribution is -2.47. The third-order valence-corrected chi connectivity index (χ3v) is 5.60. The van der Waals surface area contributed by atoms with Gasteiger partial charge in [-0.1, -0.05) is 12.1 Å². The van der Waals surface area contributed by atoms with Crippen molar-refractivity contribution in [3.05, 3.63) is 24.3 Å². The summed E-state index contributed by atoms with van der Waals surface area (Å²) in [5, 5.41) is 20.1. The minimum atomic E-state index is -4.14. The van der Waals surface area contributed by atoms with Crippen molar-refractivity contribution < 1.29 is 37.8 Å². The van der Waals surface area contributed by atoms with Crippen LogP contribution in [0.2, 0.25) is 0 Å². The summed E-state index contributed by atoms with van der Waals surface area (Å²) in [5.74, 6) is -5.02. The summed E-state index contributed by atoms with van der Waals surface area (Å²) in [7, 11) is -4.14. The van der Waals surface area contributed by atoms with E-state index in [1.54, 1.807) is 0 Å². The molecule has 2 atom stereocenters. The second-order valence-corrected chi connectivity index (χ2v) is 7.38. The molecule has 0 aromatic heterocycles. The van der Waals surface area contributed by atoms with Crippen LogP contribution in [0.4, 0.5) is 5.69 Å². The van der Waals surface area contributed by atoms with E-state index in [0.717, 1.165) is 0 Å². The van der Waals surface area contributed by atoms with Crippen molar-refractivity contribution in [3.8, 4) is 0 Å². The van der Waals surface area contributed by atoms with Crippen molar-refractivity contribution in [3.63, 3.8) is 0 Å². The highest BCUT2D eigenvalue weighted by Crippen LogP contribution is 2.31. The standard InChI is InChI=1S/C14H14N2O8S/c17-11(15-8(14(21)22)5-12(18)19)6-10-13(20)16-7-3-1-2-4-9(7)25(10,23)24/h1-4,8,10H,5-6H2,(H,15,17)(H,16,20)(H,18,19)(H,21,22)/t8-,10?/m0/s1. The number of amides is 2. The van der Waals surface area contributed by atoms with Crippen LogP contribution in [0.15, 0.2) is 29.2 Å². The van der Waals surface area contributed by atoms with Crippen LogP contribution in [0.25, 0.3) is 0 Å². The van der Waals surface area contributed by atoms with Gasteiger partial charge in [-0.3, -0.25) is 14.4 Å². The second kappa shape index (κ2) is 6.89. The molecule has 0 fully saturated rings. The lowest BCUT2D eigenvalue weighted by Gasteiger charge is -2.24. The number of para-hydroxylation sites is 1. The largest absolute Gasteiger partial charge is 0.481 e. The number of carboxylic acids is 2. The van der Waals surface area contributed by atoms with Gasteiger partial charge in [0.25, 0.3) is 0 Å². The number of carbonyl (C=O) groups excluding carboxylic acids is 2. The molecule has 2 amide bonds. The van der Waals surface area contributed by atoms with Gasteiger partial charge in [-0.05, 0) is 12.1 Å². The molecule has 10 nitrogen and oxygen atoms in total. The first-order valence-electron chi connectivity index (χ1n) is 7.00. The van der Waals surface area contributed by atoms with Gasteiger partial charge >= 0.3 is 11.9 Å². The molecule has 25 heavy (non-hydrogen) atoms. The molecule has 1 aromatic carbocycles. The number of rotatable bonds is 6. The van der Waals surface area contributed by atoms with Gasteiger partial charge in [-0.2, -0.15) is 0 Å². The van der Waals surface area contributed by atoms with Crippen molar-refractivity contribution in [2.24, 2.45) is 0 Å². The van der Waals surface area contributed by atoms with Crippen LogP contribution < -0.4 is 10.6 Å². The van der Waals surface area contributed by atoms with Crippen molar-refractivity contribution in [2.75, 3.05) is 5.32 Å². The number of hydrogen-bond acceptors (Lipinski definition) is 6. The molecule has 0 radical (unpaired) electrons. The van der Waals surface area contributed by atoms with Gasteiger partial charge in [0, 0.05) is 0 Å². The van der Waals surface area contributed by atoms with Gasteiger partial charge in [0.2, 0.25) is 11.8 Å². The van der Waals surface area contributed by atoms with E-state index in [4.69, 9.17) is 10.2 Å². The molecule has 0 saturated heterocycles. The summed E-state index contributed by atoms with van der Waals surface area (Å²) in [4.78, 5) is 45.4. The third kappa shape index (κ3) is 3.94. The molecule has 1 heterocycles. The quantitative estimate of drug-likeness (QED) is 0.505. The minimum Gasteiger partial charge on any atom is -0.481 e. The molecular weight excluding hydrogens is 356 g/mol. The van der Waals surface area contributed by atoms with E-state index in [0.29, 0.717) is 0 Å². The number of carboxylic acid groups (broad SMARTS) is 2. The summed E-state index contributed by atoms with van der Waals surface area (Å²) in [5.41, 5.74) is 0.0958. The van der Waals surface area contributed by atoms with Crippen molar-refractivity contribution in [1.82, 2.24) is 5.32 Å². The maximum atomic E-state index is 12.5. The number of fused-ring (bicyclic) bond motifs is 1. The summed E-state index contributed by atoms with van der Waals surface area (Å²) in [6.45, 7) is 0. The lowest BCUT2D eigenvalue weighted by molar-refractivity contribution is -0.147. The van der Waals surface area contributed by atoms with E-state index >= 15 is 0 Å². The summed E-state index contributed by atoms with van der Waals surface area (Å²) in [6.07, 6.45) is -1.71. The van der Waals surface area contributed by atoms with Gasteiger partial charge < -0.3 is 20.8 Å². The maximum Gasteiger partial charge on any atom is 0.326 e. The minimum absolute atomic E-state index is 0.0958. The van der Waals surface area contributed by atoms with Crippen LogP contribution in [0.5, 0.6) is 0 Å². The first kappa shape index (κ1) is 18.4. The fraction of sp³-hybridized carbons (Fsp3) is 0.286. The Kier molecular flexibility index (Phi) is 5.07. The highest BCUT2D eigenvalue weighted by atomic mass is 32.2. The van der Waals surface area contributed by atoms with Crippen molar-refractivity contribution in [1.29, 1.82) is 0 Å². The van der Waals surface area contributed by atoms with E-state index in [1.165, 1.54) is 24.3 Å². The van der Waals surface area contributed by atoms with Gasteiger partial charge in [0.05, 0.1) is 23.4 Å². The molecule has 0 aliphatic carbocycles. The molecule has 0 bridgehead atoms. The highest BCUT2D eigenvalue weighted by Gasteiger charge is 2.41.